The minimum absolute atomic E-state index is 0.106. The summed E-state index contributed by atoms with van der Waals surface area (Å²) in [6.07, 6.45) is 0.227. The van der Waals surface area contributed by atoms with Crippen molar-refractivity contribution in [2.75, 3.05) is 11.1 Å². The van der Waals surface area contributed by atoms with Crippen LogP contribution in [0.3, 0.4) is 0 Å². The van der Waals surface area contributed by atoms with E-state index in [-0.39, 0.29) is 29.9 Å². The maximum Gasteiger partial charge on any atom is 0.234 e. The fourth-order valence-corrected chi connectivity index (χ4v) is 4.28. The lowest BCUT2D eigenvalue weighted by Crippen LogP contribution is -2.31. The topological polar surface area (TPSA) is 82.0 Å². The lowest BCUT2D eigenvalue weighted by atomic mass is 9.87. The molecule has 0 spiro atoms. The molecule has 0 fully saturated rings. The molecule has 0 aliphatic carbocycles. The van der Waals surface area contributed by atoms with E-state index in [1.807, 2.05) is 63.2 Å². The molecule has 2 aromatic carbocycles. The first-order valence-corrected chi connectivity index (χ1v) is 10.4. The normalized spacial score (nSPS) is 16.2. The van der Waals surface area contributed by atoms with Gasteiger partial charge in [0.15, 0.2) is 0 Å². The Labute approximate surface area is 175 Å². The molecule has 0 unspecified atom stereocenters. The zero-order valence-corrected chi connectivity index (χ0v) is 17.5. The number of nitrogens with zero attached hydrogens (tertiary/aromatic N) is 1. The number of amides is 2. The number of hydrogen-bond acceptors (Lipinski definition) is 4. The van der Waals surface area contributed by atoms with Gasteiger partial charge >= 0.3 is 0 Å². The Morgan fingerprint density at radius 1 is 1.14 bits per heavy atom. The molecule has 0 aromatic heterocycles. The first-order chi connectivity index (χ1) is 13.9. The van der Waals surface area contributed by atoms with Crippen LogP contribution in [0.2, 0.25) is 0 Å². The second-order valence-corrected chi connectivity index (χ2v) is 8.27. The lowest BCUT2D eigenvalue weighted by Gasteiger charge is -2.25. The van der Waals surface area contributed by atoms with E-state index in [0.717, 1.165) is 27.9 Å². The predicted molar refractivity (Wildman–Crippen MR) is 116 cm³/mol. The van der Waals surface area contributed by atoms with Crippen molar-refractivity contribution in [2.24, 2.45) is 0 Å². The molecule has 1 atom stereocenters. The minimum Gasteiger partial charge on any atom is -0.325 e. The minimum atomic E-state index is -0.292. The van der Waals surface area contributed by atoms with E-state index < -0.39 is 0 Å². The van der Waals surface area contributed by atoms with E-state index in [9.17, 15) is 14.9 Å². The summed E-state index contributed by atoms with van der Waals surface area (Å²) in [5, 5.41) is 15.8. The SMILES string of the molecule is Cc1ccc([C@H]2CC(=O)NC(SCC(=O)Nc3cc(C)cc(C)c3)=C2C#N)cc1. The Bertz CT molecular complexity index is 999. The molecule has 0 saturated heterocycles. The summed E-state index contributed by atoms with van der Waals surface area (Å²) in [6.45, 7) is 5.95. The molecule has 0 bridgehead atoms. The maximum absolute atomic E-state index is 12.4. The summed E-state index contributed by atoms with van der Waals surface area (Å²) in [6, 6.07) is 15.9. The van der Waals surface area contributed by atoms with Gasteiger partial charge in [-0.2, -0.15) is 5.26 Å². The Morgan fingerprint density at radius 3 is 2.41 bits per heavy atom. The predicted octanol–water partition coefficient (Wildman–Crippen LogP) is 4.32. The van der Waals surface area contributed by atoms with E-state index >= 15 is 0 Å². The van der Waals surface area contributed by atoms with Crippen LogP contribution in [0.1, 0.15) is 34.6 Å². The molecule has 29 heavy (non-hydrogen) atoms. The Hall–Kier alpha value is -3.04. The number of allylic oxidation sites excluding steroid dienone is 1. The molecule has 6 heteroatoms. The molecule has 0 radical (unpaired) electrons. The molecule has 3 rings (SSSR count). The Morgan fingerprint density at radius 2 is 1.79 bits per heavy atom. The van der Waals surface area contributed by atoms with Crippen LogP contribution in [-0.2, 0) is 9.59 Å². The largest absolute Gasteiger partial charge is 0.325 e. The highest BCUT2D eigenvalue weighted by Gasteiger charge is 2.29. The van der Waals surface area contributed by atoms with Gasteiger partial charge in [-0.05, 0) is 49.6 Å². The lowest BCUT2D eigenvalue weighted by molar-refractivity contribution is -0.121. The van der Waals surface area contributed by atoms with Gasteiger partial charge in [0.2, 0.25) is 11.8 Å². The summed E-state index contributed by atoms with van der Waals surface area (Å²) >= 11 is 1.18. The average molecular weight is 406 g/mol. The van der Waals surface area contributed by atoms with Gasteiger partial charge in [0.05, 0.1) is 22.4 Å². The van der Waals surface area contributed by atoms with Gasteiger partial charge in [0, 0.05) is 18.0 Å². The van der Waals surface area contributed by atoms with Crippen LogP contribution in [0.15, 0.2) is 53.1 Å². The molecule has 1 heterocycles. The molecule has 1 aliphatic rings. The van der Waals surface area contributed by atoms with Crippen molar-refractivity contribution >= 4 is 29.3 Å². The van der Waals surface area contributed by atoms with Crippen molar-refractivity contribution in [3.63, 3.8) is 0 Å². The number of hydrogen-bond donors (Lipinski definition) is 2. The number of rotatable bonds is 5. The van der Waals surface area contributed by atoms with E-state index in [0.29, 0.717) is 10.6 Å². The smallest absolute Gasteiger partial charge is 0.234 e. The third kappa shape index (κ3) is 5.27. The summed E-state index contributed by atoms with van der Waals surface area (Å²) in [5.41, 5.74) is 5.44. The van der Waals surface area contributed by atoms with Crippen LogP contribution in [0.5, 0.6) is 0 Å². The number of nitrogens with one attached hydrogen (secondary N) is 2. The standard InChI is InChI=1S/C23H23N3O2S/c1-14-4-6-17(7-5-14)19-11-21(27)26-23(20(19)12-24)29-13-22(28)25-18-9-15(2)8-16(3)10-18/h4-10,19H,11,13H2,1-3H3,(H,25,28)(H,26,27)/t19-/m1/s1. The summed E-state index contributed by atoms with van der Waals surface area (Å²) in [5.74, 6) is -0.517. The number of anilines is 1. The molecule has 0 saturated carbocycles. The Balaban J connectivity index is 1.75. The van der Waals surface area contributed by atoms with Crippen LogP contribution >= 0.6 is 11.8 Å². The van der Waals surface area contributed by atoms with Crippen LogP contribution in [-0.4, -0.2) is 17.6 Å². The highest BCUT2D eigenvalue weighted by atomic mass is 32.2. The fourth-order valence-electron chi connectivity index (χ4n) is 3.40. The van der Waals surface area contributed by atoms with Crippen LogP contribution in [0.4, 0.5) is 5.69 Å². The van der Waals surface area contributed by atoms with Crippen molar-refractivity contribution in [1.82, 2.24) is 5.32 Å². The molecule has 1 aliphatic heterocycles. The maximum atomic E-state index is 12.4. The third-order valence-corrected chi connectivity index (χ3v) is 5.71. The van der Waals surface area contributed by atoms with Gasteiger partial charge in [0.25, 0.3) is 0 Å². The molecular formula is C23H23N3O2S. The molecule has 2 amide bonds. The zero-order valence-electron chi connectivity index (χ0n) is 16.7. The second-order valence-electron chi connectivity index (χ2n) is 7.28. The van der Waals surface area contributed by atoms with E-state index in [1.165, 1.54) is 11.8 Å². The fraction of sp³-hybridized carbons (Fsp3) is 0.261. The van der Waals surface area contributed by atoms with Gasteiger partial charge in [-0.1, -0.05) is 47.7 Å². The number of aryl methyl sites for hydroxylation is 3. The molecule has 5 nitrogen and oxygen atoms in total. The van der Waals surface area contributed by atoms with Crippen LogP contribution in [0, 0.1) is 32.1 Å². The third-order valence-electron chi connectivity index (χ3n) is 4.69. The molecular weight excluding hydrogens is 382 g/mol. The van der Waals surface area contributed by atoms with Gasteiger partial charge in [-0.25, -0.2) is 0 Å². The van der Waals surface area contributed by atoms with E-state index in [1.54, 1.807) is 0 Å². The van der Waals surface area contributed by atoms with E-state index in [4.69, 9.17) is 0 Å². The van der Waals surface area contributed by atoms with Crippen LogP contribution < -0.4 is 10.6 Å². The van der Waals surface area contributed by atoms with Gasteiger partial charge in [-0.3, -0.25) is 9.59 Å². The Kier molecular flexibility index (Phi) is 6.40. The number of benzene rings is 2. The quantitative estimate of drug-likeness (QED) is 0.776. The summed E-state index contributed by atoms with van der Waals surface area (Å²) < 4.78 is 0. The summed E-state index contributed by atoms with van der Waals surface area (Å²) in [4.78, 5) is 24.6. The average Bonchev–Trinajstić information content (AvgIpc) is 2.65. The van der Waals surface area contributed by atoms with Gasteiger partial charge in [-0.15, -0.1) is 0 Å². The van der Waals surface area contributed by atoms with Crippen molar-refractivity contribution in [3.8, 4) is 6.07 Å². The highest BCUT2D eigenvalue weighted by molar-refractivity contribution is 8.03. The van der Waals surface area contributed by atoms with Crippen molar-refractivity contribution in [2.45, 2.75) is 33.1 Å². The first-order valence-electron chi connectivity index (χ1n) is 9.37. The van der Waals surface area contributed by atoms with Gasteiger partial charge < -0.3 is 10.6 Å². The number of carbonyl (C=O) groups is 2. The monoisotopic (exact) mass is 405 g/mol. The second kappa shape index (κ2) is 8.97. The van der Waals surface area contributed by atoms with Crippen molar-refractivity contribution < 1.29 is 9.59 Å². The zero-order chi connectivity index (χ0) is 21.0. The number of nitriles is 1. The summed E-state index contributed by atoms with van der Waals surface area (Å²) in [7, 11) is 0. The number of thioether (sulfide) groups is 1. The van der Waals surface area contributed by atoms with Gasteiger partial charge in [0.1, 0.15) is 0 Å². The molecule has 148 valence electrons. The first kappa shape index (κ1) is 20.7. The highest BCUT2D eigenvalue weighted by Crippen LogP contribution is 2.36. The number of carbonyl (C=O) groups excluding carboxylic acids is 2. The molecule has 2 N–H and O–H groups in total. The van der Waals surface area contributed by atoms with Crippen molar-refractivity contribution in [3.05, 3.63) is 75.3 Å². The molecule has 2 aromatic rings. The van der Waals surface area contributed by atoms with Crippen LogP contribution in [0.25, 0.3) is 0 Å². The van der Waals surface area contributed by atoms with E-state index in [2.05, 4.69) is 16.7 Å². The van der Waals surface area contributed by atoms with Crippen molar-refractivity contribution in [1.29, 1.82) is 5.26 Å².